The Morgan fingerprint density at radius 1 is 0.941 bits per heavy atom. The second kappa shape index (κ2) is 8.71. The summed E-state index contributed by atoms with van der Waals surface area (Å²) in [7, 11) is 0. The van der Waals surface area contributed by atoms with E-state index in [1.807, 2.05) is 99.8 Å². The summed E-state index contributed by atoms with van der Waals surface area (Å²) in [5.74, 6) is 0.339. The molecule has 2 aromatic heterocycles. The number of carbonyl (C=O) groups excluding carboxylic acids is 2. The highest BCUT2D eigenvalue weighted by molar-refractivity contribution is 6.02. The topological polar surface area (TPSA) is 58.7 Å². The van der Waals surface area contributed by atoms with Crippen LogP contribution in [0.15, 0.2) is 89.7 Å². The van der Waals surface area contributed by atoms with E-state index in [1.54, 1.807) is 16.1 Å². The minimum atomic E-state index is -0.434. The van der Waals surface area contributed by atoms with Gasteiger partial charge < -0.3 is 13.9 Å². The number of aryl methyl sites for hydroxylation is 1. The third-order valence-corrected chi connectivity index (χ3v) is 6.29. The molecule has 0 saturated carbocycles. The van der Waals surface area contributed by atoms with Gasteiger partial charge >= 0.3 is 0 Å². The molecule has 6 heteroatoms. The van der Waals surface area contributed by atoms with Gasteiger partial charge in [0.15, 0.2) is 0 Å². The Hall–Kier alpha value is -4.06. The molecule has 0 saturated heterocycles. The molecule has 0 fully saturated rings. The van der Waals surface area contributed by atoms with Gasteiger partial charge in [-0.15, -0.1) is 0 Å². The lowest BCUT2D eigenvalue weighted by molar-refractivity contribution is -0.120. The molecule has 0 aliphatic carbocycles. The molecule has 0 radical (unpaired) electrons. The van der Waals surface area contributed by atoms with Crippen molar-refractivity contribution in [2.75, 3.05) is 11.4 Å². The van der Waals surface area contributed by atoms with Gasteiger partial charge in [-0.25, -0.2) is 0 Å². The summed E-state index contributed by atoms with van der Waals surface area (Å²) >= 11 is 0. The standard InChI is InChI=1S/C28H27N3O3/c1-19(2)30(28(33)21-14-12-20(3)13-15-21)18-26(32)31-23-9-5-4-8-22(23)29-16-6-10-24(29)27(31)25-11-7-17-34-25/h4-17,19,27H,18H2,1-3H3. The van der Waals surface area contributed by atoms with Crippen LogP contribution in [-0.4, -0.2) is 33.9 Å². The minimum Gasteiger partial charge on any atom is -0.467 e. The van der Waals surface area contributed by atoms with Gasteiger partial charge in [0.25, 0.3) is 5.91 Å². The van der Waals surface area contributed by atoms with Gasteiger partial charge in [0.05, 0.1) is 23.3 Å². The van der Waals surface area contributed by atoms with E-state index in [2.05, 4.69) is 4.57 Å². The van der Waals surface area contributed by atoms with Crippen LogP contribution in [0.5, 0.6) is 0 Å². The van der Waals surface area contributed by atoms with Crippen LogP contribution in [0.2, 0.25) is 0 Å². The SMILES string of the molecule is Cc1ccc(C(=O)N(CC(=O)N2c3ccccc3-n3cccc3C2c2ccco2)C(C)C)cc1. The van der Waals surface area contributed by atoms with Gasteiger partial charge in [0, 0.05) is 17.8 Å². The Labute approximate surface area is 199 Å². The van der Waals surface area contributed by atoms with E-state index >= 15 is 0 Å². The van der Waals surface area contributed by atoms with E-state index in [4.69, 9.17) is 4.42 Å². The van der Waals surface area contributed by atoms with Gasteiger partial charge in [0.1, 0.15) is 18.3 Å². The zero-order valence-corrected chi connectivity index (χ0v) is 19.5. The normalized spacial score (nSPS) is 14.6. The fourth-order valence-corrected chi connectivity index (χ4v) is 4.55. The lowest BCUT2D eigenvalue weighted by Crippen LogP contribution is -2.48. The Bertz CT molecular complexity index is 1320. The molecule has 2 amide bonds. The largest absolute Gasteiger partial charge is 0.467 e. The van der Waals surface area contributed by atoms with Crippen molar-refractivity contribution in [3.63, 3.8) is 0 Å². The van der Waals surface area contributed by atoms with Crippen molar-refractivity contribution < 1.29 is 14.0 Å². The van der Waals surface area contributed by atoms with Gasteiger partial charge in [0.2, 0.25) is 5.91 Å². The molecule has 5 rings (SSSR count). The first-order chi connectivity index (χ1) is 16.5. The number of hydrogen-bond acceptors (Lipinski definition) is 3. The number of benzene rings is 2. The average molecular weight is 454 g/mol. The highest BCUT2D eigenvalue weighted by Gasteiger charge is 2.38. The molecule has 172 valence electrons. The first-order valence-electron chi connectivity index (χ1n) is 11.5. The van der Waals surface area contributed by atoms with Crippen molar-refractivity contribution >= 4 is 17.5 Å². The monoisotopic (exact) mass is 453 g/mol. The Morgan fingerprint density at radius 3 is 2.35 bits per heavy atom. The Morgan fingerprint density at radius 2 is 1.68 bits per heavy atom. The van der Waals surface area contributed by atoms with Crippen LogP contribution < -0.4 is 4.90 Å². The van der Waals surface area contributed by atoms with Crippen LogP contribution in [0.25, 0.3) is 5.69 Å². The number of nitrogens with zero attached hydrogens (tertiary/aromatic N) is 3. The first kappa shape index (κ1) is 21.8. The number of carbonyl (C=O) groups is 2. The zero-order valence-electron chi connectivity index (χ0n) is 19.5. The summed E-state index contributed by atoms with van der Waals surface area (Å²) in [5.41, 5.74) is 4.28. The van der Waals surface area contributed by atoms with Crippen molar-refractivity contribution in [1.29, 1.82) is 0 Å². The van der Waals surface area contributed by atoms with Crippen molar-refractivity contribution in [2.24, 2.45) is 0 Å². The summed E-state index contributed by atoms with van der Waals surface area (Å²) in [6.45, 7) is 5.80. The van der Waals surface area contributed by atoms with E-state index in [0.717, 1.165) is 22.6 Å². The number of anilines is 1. The van der Waals surface area contributed by atoms with Crippen LogP contribution in [0.1, 0.15) is 47.3 Å². The van der Waals surface area contributed by atoms with Crippen LogP contribution in [0.3, 0.4) is 0 Å². The molecule has 1 aliphatic rings. The molecular weight excluding hydrogens is 426 g/mol. The molecule has 0 bridgehead atoms. The van der Waals surface area contributed by atoms with Crippen LogP contribution in [0.4, 0.5) is 5.69 Å². The summed E-state index contributed by atoms with van der Waals surface area (Å²) < 4.78 is 7.87. The number of rotatable bonds is 5. The van der Waals surface area contributed by atoms with Crippen molar-refractivity contribution in [2.45, 2.75) is 32.9 Å². The van der Waals surface area contributed by atoms with Crippen molar-refractivity contribution in [3.8, 4) is 5.69 Å². The molecule has 2 aromatic carbocycles. The maximum absolute atomic E-state index is 14.0. The van der Waals surface area contributed by atoms with E-state index in [0.29, 0.717) is 11.3 Å². The number of aromatic nitrogens is 1. The Balaban J connectivity index is 1.54. The summed E-state index contributed by atoms with van der Waals surface area (Å²) in [6.07, 6.45) is 3.61. The van der Waals surface area contributed by atoms with Crippen LogP contribution >= 0.6 is 0 Å². The number of hydrogen-bond donors (Lipinski definition) is 0. The molecule has 0 spiro atoms. The van der Waals surface area contributed by atoms with Crippen molar-refractivity contribution in [1.82, 2.24) is 9.47 Å². The lowest BCUT2D eigenvalue weighted by atomic mass is 10.0. The van der Waals surface area contributed by atoms with E-state index in [1.165, 1.54) is 0 Å². The smallest absolute Gasteiger partial charge is 0.254 e. The fraction of sp³-hybridized carbons (Fsp3) is 0.214. The maximum Gasteiger partial charge on any atom is 0.254 e. The summed E-state index contributed by atoms with van der Waals surface area (Å²) in [6, 6.07) is 22.4. The van der Waals surface area contributed by atoms with Gasteiger partial charge in [-0.1, -0.05) is 29.8 Å². The molecule has 1 atom stereocenters. The van der Waals surface area contributed by atoms with Gasteiger partial charge in [-0.2, -0.15) is 0 Å². The first-order valence-corrected chi connectivity index (χ1v) is 11.5. The average Bonchev–Trinajstić information content (AvgIpc) is 3.54. The predicted octanol–water partition coefficient (Wildman–Crippen LogP) is 5.37. The number of amides is 2. The molecule has 1 unspecified atom stereocenters. The van der Waals surface area contributed by atoms with E-state index in [9.17, 15) is 9.59 Å². The third kappa shape index (κ3) is 3.71. The second-order valence-corrected chi connectivity index (χ2v) is 8.87. The fourth-order valence-electron chi connectivity index (χ4n) is 4.55. The van der Waals surface area contributed by atoms with Crippen molar-refractivity contribution in [3.05, 3.63) is 108 Å². The maximum atomic E-state index is 14.0. The molecule has 34 heavy (non-hydrogen) atoms. The van der Waals surface area contributed by atoms with Gasteiger partial charge in [-0.05, 0) is 69.3 Å². The Kier molecular flexibility index (Phi) is 5.57. The highest BCUT2D eigenvalue weighted by atomic mass is 16.3. The van der Waals surface area contributed by atoms with E-state index < -0.39 is 6.04 Å². The van der Waals surface area contributed by atoms with Crippen LogP contribution in [0, 0.1) is 6.92 Å². The number of para-hydroxylation sites is 2. The molecule has 4 aromatic rings. The molecule has 6 nitrogen and oxygen atoms in total. The number of fused-ring (bicyclic) bond motifs is 3. The third-order valence-electron chi connectivity index (χ3n) is 6.29. The minimum absolute atomic E-state index is 0.0450. The molecular formula is C28H27N3O3. The lowest BCUT2D eigenvalue weighted by Gasteiger charge is -2.38. The van der Waals surface area contributed by atoms with E-state index in [-0.39, 0.29) is 24.4 Å². The molecule has 3 heterocycles. The number of furan rings is 1. The zero-order chi connectivity index (χ0) is 23.8. The molecule has 1 aliphatic heterocycles. The quantitative estimate of drug-likeness (QED) is 0.408. The van der Waals surface area contributed by atoms with Crippen LogP contribution in [-0.2, 0) is 4.79 Å². The summed E-state index contributed by atoms with van der Waals surface area (Å²) in [4.78, 5) is 30.7. The summed E-state index contributed by atoms with van der Waals surface area (Å²) in [5, 5.41) is 0. The predicted molar refractivity (Wildman–Crippen MR) is 131 cm³/mol. The molecule has 0 N–H and O–H groups in total. The van der Waals surface area contributed by atoms with Gasteiger partial charge in [-0.3, -0.25) is 14.5 Å². The highest BCUT2D eigenvalue weighted by Crippen LogP contribution is 2.42. The second-order valence-electron chi connectivity index (χ2n) is 8.87.